The van der Waals surface area contributed by atoms with Gasteiger partial charge in [-0.2, -0.15) is 26.3 Å². The zero-order chi connectivity index (χ0) is 12.7. The molecule has 11 heteroatoms. The Labute approximate surface area is 125 Å². The van der Waals surface area contributed by atoms with E-state index in [-0.39, 0.29) is 51.4 Å². The molecule has 0 aromatic carbocycles. The molecule has 0 saturated heterocycles. The van der Waals surface area contributed by atoms with Crippen LogP contribution in [-0.2, 0) is 4.79 Å². The van der Waals surface area contributed by atoms with Crippen LogP contribution in [0.2, 0.25) is 0 Å². The molecule has 0 saturated carbocycles. The first-order valence-electron chi connectivity index (χ1n) is 3.02. The van der Waals surface area contributed by atoms with E-state index in [4.69, 9.17) is 0 Å². The van der Waals surface area contributed by atoms with Crippen LogP contribution in [-0.4, -0.2) is 30.2 Å². The molecule has 0 aliphatic rings. The maximum absolute atomic E-state index is 12.1. The summed E-state index contributed by atoms with van der Waals surface area (Å²) >= 11 is 0. The third-order valence-corrected chi connectivity index (χ3v) is 1.34. The summed E-state index contributed by atoms with van der Waals surface area (Å²) in [5, 5.41) is 9.42. The predicted molar refractivity (Wildman–Crippen MR) is 25.9 cm³/mol. The van der Waals surface area contributed by atoms with Gasteiger partial charge in [0.1, 0.15) is 5.97 Å². The molecule has 0 atom stereocenters. The van der Waals surface area contributed by atoms with Crippen molar-refractivity contribution in [1.29, 1.82) is 0 Å². The van der Waals surface area contributed by atoms with E-state index < -0.39 is 30.2 Å². The van der Waals surface area contributed by atoms with Gasteiger partial charge in [0.25, 0.3) is 0 Å². The van der Waals surface area contributed by atoms with Gasteiger partial charge in [-0.05, 0) is 0 Å². The zero-order valence-corrected chi connectivity index (χ0v) is 10.5. The molecule has 0 aliphatic heterocycles. The van der Waals surface area contributed by atoms with Gasteiger partial charge in [0.15, 0.2) is 0 Å². The number of aliphatic carboxylic acids is 1. The maximum atomic E-state index is 12.1. The molecule has 0 aromatic rings. The molecule has 16 heavy (non-hydrogen) atoms. The number of carbonyl (C=O) groups excluding carboxylic acids is 1. The molecule has 0 aliphatic carbocycles. The Balaban J connectivity index is 0. The van der Waals surface area contributed by atoms with E-state index in [1.165, 1.54) is 0 Å². The van der Waals surface area contributed by atoms with Gasteiger partial charge >= 0.3 is 75.6 Å². The van der Waals surface area contributed by atoms with Crippen LogP contribution in [0.1, 0.15) is 0 Å². The molecule has 0 bridgehead atoms. The first kappa shape index (κ1) is 18.9. The number of alkyl halides is 8. The average molecular weight is 284 g/mol. The first-order chi connectivity index (χ1) is 6.39. The van der Waals surface area contributed by atoms with E-state index in [9.17, 15) is 45.0 Å². The molecule has 0 radical (unpaired) electrons. The van der Waals surface area contributed by atoms with Crippen molar-refractivity contribution >= 4 is 5.97 Å². The second-order valence-electron chi connectivity index (χ2n) is 2.36. The SMILES string of the molecule is O=C([O-])C(F)(F)C(F)(F)C(F)(F)C(F)F.[K+]. The van der Waals surface area contributed by atoms with Gasteiger partial charge in [-0.15, -0.1) is 0 Å². The van der Waals surface area contributed by atoms with Crippen molar-refractivity contribution in [3.05, 3.63) is 0 Å². The Kier molecular flexibility index (Phi) is 6.45. The quantitative estimate of drug-likeness (QED) is 0.439. The maximum Gasteiger partial charge on any atom is 1.00 e. The first-order valence-corrected chi connectivity index (χ1v) is 3.02. The molecule has 2 nitrogen and oxygen atoms in total. The van der Waals surface area contributed by atoms with E-state index in [0.29, 0.717) is 0 Å². The smallest absolute Gasteiger partial charge is 0.544 e. The van der Waals surface area contributed by atoms with Gasteiger partial charge < -0.3 is 9.90 Å². The van der Waals surface area contributed by atoms with E-state index in [2.05, 4.69) is 0 Å². The molecule has 0 spiro atoms. The van der Waals surface area contributed by atoms with Crippen molar-refractivity contribution in [2.24, 2.45) is 0 Å². The molecule has 0 amide bonds. The Morgan fingerprint density at radius 1 is 1.00 bits per heavy atom. The monoisotopic (exact) mass is 284 g/mol. The summed E-state index contributed by atoms with van der Waals surface area (Å²) in [6.07, 6.45) is -5.14. The third-order valence-electron chi connectivity index (χ3n) is 1.34. The molecule has 0 N–H and O–H groups in total. The van der Waals surface area contributed by atoms with Crippen LogP contribution in [0.25, 0.3) is 0 Å². The summed E-state index contributed by atoms with van der Waals surface area (Å²) in [6, 6.07) is 0. The molecule has 0 unspecified atom stereocenters. The summed E-state index contributed by atoms with van der Waals surface area (Å²) < 4.78 is 94.5. The number of carboxylic acids is 1. The van der Waals surface area contributed by atoms with Gasteiger partial charge in [-0.25, -0.2) is 8.78 Å². The summed E-state index contributed by atoms with van der Waals surface area (Å²) in [5.74, 6) is -23.5. The van der Waals surface area contributed by atoms with Crippen molar-refractivity contribution in [3.8, 4) is 0 Å². The topological polar surface area (TPSA) is 40.1 Å². The Morgan fingerprint density at radius 2 is 1.31 bits per heavy atom. The number of carbonyl (C=O) groups is 1. The van der Waals surface area contributed by atoms with E-state index in [0.717, 1.165) is 0 Å². The molecule has 90 valence electrons. The van der Waals surface area contributed by atoms with Gasteiger partial charge in [0.05, 0.1) is 0 Å². The Morgan fingerprint density at radius 3 is 1.50 bits per heavy atom. The van der Waals surface area contributed by atoms with Crippen LogP contribution in [0.4, 0.5) is 35.1 Å². The van der Waals surface area contributed by atoms with Crippen LogP contribution < -0.4 is 56.5 Å². The fourth-order valence-electron chi connectivity index (χ4n) is 0.475. The van der Waals surface area contributed by atoms with Gasteiger partial charge in [0, 0.05) is 0 Å². The number of hydrogen-bond acceptors (Lipinski definition) is 2. The average Bonchev–Trinajstić information content (AvgIpc) is 2.02. The fraction of sp³-hybridized carbons (Fsp3) is 0.800. The molecular weight excluding hydrogens is 283 g/mol. The minimum atomic E-state index is -6.74. The molecule has 0 aromatic heterocycles. The van der Waals surface area contributed by atoms with Crippen molar-refractivity contribution in [2.45, 2.75) is 24.2 Å². The van der Waals surface area contributed by atoms with Gasteiger partial charge in [0.2, 0.25) is 0 Å². The fourth-order valence-corrected chi connectivity index (χ4v) is 0.475. The van der Waals surface area contributed by atoms with Crippen LogP contribution in [0.3, 0.4) is 0 Å². The minimum absolute atomic E-state index is 0. The van der Waals surface area contributed by atoms with E-state index in [1.54, 1.807) is 0 Å². The Hall–Kier alpha value is 0.546. The Bertz CT molecular complexity index is 265. The van der Waals surface area contributed by atoms with Crippen molar-refractivity contribution < 1.29 is 96.4 Å². The van der Waals surface area contributed by atoms with Crippen molar-refractivity contribution in [3.63, 3.8) is 0 Å². The number of carboxylic acid groups (broad SMARTS) is 1. The second-order valence-corrected chi connectivity index (χ2v) is 2.36. The summed E-state index contributed by atoms with van der Waals surface area (Å²) in [7, 11) is 0. The molecule has 0 rings (SSSR count). The van der Waals surface area contributed by atoms with Gasteiger partial charge in [-0.1, -0.05) is 0 Å². The van der Waals surface area contributed by atoms with Crippen molar-refractivity contribution in [1.82, 2.24) is 0 Å². The summed E-state index contributed by atoms with van der Waals surface area (Å²) in [5.41, 5.74) is 0. The summed E-state index contributed by atoms with van der Waals surface area (Å²) in [6.45, 7) is 0. The zero-order valence-electron chi connectivity index (χ0n) is 7.42. The van der Waals surface area contributed by atoms with Crippen LogP contribution in [0.15, 0.2) is 0 Å². The van der Waals surface area contributed by atoms with Gasteiger partial charge in [-0.3, -0.25) is 0 Å². The number of halogens is 8. The second kappa shape index (κ2) is 5.46. The van der Waals surface area contributed by atoms with E-state index >= 15 is 0 Å². The molecule has 0 fully saturated rings. The van der Waals surface area contributed by atoms with E-state index in [1.807, 2.05) is 0 Å². The predicted octanol–water partition coefficient (Wildman–Crippen LogP) is -2.09. The van der Waals surface area contributed by atoms with Crippen LogP contribution >= 0.6 is 0 Å². The summed E-state index contributed by atoms with van der Waals surface area (Å²) in [4.78, 5) is 9.42. The standard InChI is InChI=1S/C5H2F8O2.K/c6-1(7)3(8,9)5(12,13)4(10,11)2(14)15;/h1H,(H,14,15);/q;+1/p-1. The van der Waals surface area contributed by atoms with Crippen LogP contribution in [0, 0.1) is 0 Å². The molecule has 0 heterocycles. The largest absolute Gasteiger partial charge is 1.00 e. The number of rotatable bonds is 4. The third kappa shape index (κ3) is 2.86. The van der Waals surface area contributed by atoms with Crippen LogP contribution in [0.5, 0.6) is 0 Å². The number of hydrogen-bond donors (Lipinski definition) is 0. The normalized spacial score (nSPS) is 13.6. The van der Waals surface area contributed by atoms with Crippen molar-refractivity contribution in [2.75, 3.05) is 0 Å². The molecular formula is C5HF8KO2. The minimum Gasteiger partial charge on any atom is -0.544 e.